The number of aryl methyl sites for hydroxylation is 2. The summed E-state index contributed by atoms with van der Waals surface area (Å²) >= 11 is 2.95. The number of nitrogens with one attached hydrogen (secondary N) is 4. The van der Waals surface area contributed by atoms with E-state index in [0.29, 0.717) is 59.9 Å². The van der Waals surface area contributed by atoms with E-state index in [0.717, 1.165) is 68.7 Å². The van der Waals surface area contributed by atoms with Crippen molar-refractivity contribution in [1.29, 1.82) is 0 Å². The van der Waals surface area contributed by atoms with Crippen molar-refractivity contribution >= 4 is 79.4 Å². The second-order valence-corrected chi connectivity index (χ2v) is 23.2. The number of ether oxygens (including phenoxy) is 1. The summed E-state index contributed by atoms with van der Waals surface area (Å²) in [5.74, 6) is -1.41. The van der Waals surface area contributed by atoms with Gasteiger partial charge >= 0.3 is 6.09 Å². The Labute approximate surface area is 464 Å². The highest BCUT2D eigenvalue weighted by Gasteiger charge is 2.45. The molecule has 7 heterocycles. The van der Waals surface area contributed by atoms with Crippen LogP contribution in [0.3, 0.4) is 0 Å². The Morgan fingerprint density at radius 1 is 0.835 bits per heavy atom. The molecule has 0 radical (unpaired) electrons. The first-order valence-electron chi connectivity index (χ1n) is 26.5. The van der Waals surface area contributed by atoms with E-state index in [1.54, 1.807) is 56.2 Å². The lowest BCUT2D eigenvalue weighted by Crippen LogP contribution is -2.57. The van der Waals surface area contributed by atoms with E-state index < -0.39 is 47.4 Å². The number of rotatable bonds is 15. The summed E-state index contributed by atoms with van der Waals surface area (Å²) in [7, 11) is 0. The molecule has 23 heteroatoms. The highest BCUT2D eigenvalue weighted by Crippen LogP contribution is 2.33. The van der Waals surface area contributed by atoms with Crippen LogP contribution in [0, 0.1) is 19.3 Å². The molecule has 1 aliphatic carbocycles. The number of anilines is 3. The summed E-state index contributed by atoms with van der Waals surface area (Å²) < 4.78 is 12.0. The van der Waals surface area contributed by atoms with Crippen molar-refractivity contribution in [3.8, 4) is 32.8 Å². The number of amides is 5. The van der Waals surface area contributed by atoms with Crippen LogP contribution < -0.4 is 26.2 Å². The largest absolute Gasteiger partial charge is 0.446 e. The Bertz CT molecular complexity index is 3340. The molecule has 5 aromatic heterocycles. The molecule has 79 heavy (non-hydrogen) atoms. The molecule has 1 unspecified atom stereocenters. The van der Waals surface area contributed by atoms with Crippen molar-refractivity contribution in [2.75, 3.05) is 54.8 Å². The van der Waals surface area contributed by atoms with Gasteiger partial charge in [-0.15, -0.1) is 11.3 Å². The smallest absolute Gasteiger partial charge is 0.411 e. The van der Waals surface area contributed by atoms with Crippen LogP contribution in [0.4, 0.5) is 21.6 Å². The minimum Gasteiger partial charge on any atom is -0.446 e. The molecule has 412 valence electrons. The number of thiazole rings is 2. The summed E-state index contributed by atoms with van der Waals surface area (Å²) in [5.41, 5.74) is 8.43. The van der Waals surface area contributed by atoms with Crippen LogP contribution in [0.1, 0.15) is 86.8 Å². The number of β-amino-alcohol motifs (C(OH)–C–C–N with tert-alkyl or cyclic N) is 1. The molecule has 10 rings (SSSR count). The number of aliphatic hydroxyl groups excluding tert-OH is 1. The van der Waals surface area contributed by atoms with Gasteiger partial charge < -0.3 is 40.1 Å². The molecule has 0 bridgehead atoms. The van der Waals surface area contributed by atoms with Gasteiger partial charge in [-0.3, -0.25) is 34.4 Å². The van der Waals surface area contributed by atoms with Crippen LogP contribution in [-0.4, -0.2) is 138 Å². The molecule has 0 spiro atoms. The van der Waals surface area contributed by atoms with E-state index in [1.807, 2.05) is 67.3 Å². The maximum Gasteiger partial charge on any atom is 0.411 e. The van der Waals surface area contributed by atoms with E-state index in [1.165, 1.54) is 28.7 Å². The molecule has 3 aliphatic rings. The molecule has 3 fully saturated rings. The number of pyridine rings is 1. The predicted molar refractivity (Wildman–Crippen MR) is 300 cm³/mol. The zero-order chi connectivity index (χ0) is 55.4. The summed E-state index contributed by atoms with van der Waals surface area (Å²) in [5, 5.41) is 26.9. The van der Waals surface area contributed by atoms with E-state index >= 15 is 0 Å². The summed E-state index contributed by atoms with van der Waals surface area (Å²) in [6.45, 7) is 11.9. The first-order valence-corrected chi connectivity index (χ1v) is 28.2. The molecular weight excluding hydrogens is 1050 g/mol. The highest BCUT2D eigenvalue weighted by molar-refractivity contribution is 7.22. The number of carbonyl (C=O) groups excluding carboxylic acids is 5. The van der Waals surface area contributed by atoms with Gasteiger partial charge in [0.05, 0.1) is 50.3 Å². The van der Waals surface area contributed by atoms with Gasteiger partial charge in [0.25, 0.3) is 5.91 Å². The number of hydrogen-bond acceptors (Lipinski definition) is 18. The SMILES string of the molecule is Cc1ncc(-c2ccc3nc(NC(=O)CN4CCN(c5ncc(-c6cc(C(=O)N[C@H](C(=O)N7C[C@H](O)CC7C(=O)NCc7ccc(-c8scnc8C)cc7)C(C)(C)C)on6)cn5)CC4)sc3c2)cc1NC(=O)OC1CCCCC1. The minimum atomic E-state index is -1.09. The first kappa shape index (κ1) is 54.6. The number of nitrogens with zero attached hydrogens (tertiary/aromatic N) is 9. The maximum absolute atomic E-state index is 14.2. The average molecular weight is 1110 g/mol. The van der Waals surface area contributed by atoms with Gasteiger partial charge in [0.2, 0.25) is 29.4 Å². The van der Waals surface area contributed by atoms with Crippen LogP contribution in [0.25, 0.3) is 43.0 Å². The molecule has 5 amide bonds. The number of fused-ring (bicyclic) bond motifs is 1. The number of benzene rings is 2. The van der Waals surface area contributed by atoms with Gasteiger partial charge in [-0.05, 0) is 79.8 Å². The fourth-order valence-electron chi connectivity index (χ4n) is 10.0. The lowest BCUT2D eigenvalue weighted by Gasteiger charge is -2.35. The lowest BCUT2D eigenvalue weighted by atomic mass is 9.85. The number of aromatic nitrogens is 6. The van der Waals surface area contributed by atoms with E-state index in [-0.39, 0.29) is 43.8 Å². The van der Waals surface area contributed by atoms with Gasteiger partial charge in [0.15, 0.2) is 5.13 Å². The molecule has 3 atom stereocenters. The summed E-state index contributed by atoms with van der Waals surface area (Å²) in [4.78, 5) is 96.7. The Balaban J connectivity index is 0.688. The van der Waals surface area contributed by atoms with Gasteiger partial charge in [0.1, 0.15) is 23.9 Å². The van der Waals surface area contributed by atoms with Crippen LogP contribution in [0.2, 0.25) is 0 Å². The van der Waals surface area contributed by atoms with Crippen LogP contribution in [-0.2, 0) is 25.7 Å². The van der Waals surface area contributed by atoms with Crippen LogP contribution in [0.15, 0.2) is 83.2 Å². The van der Waals surface area contributed by atoms with Crippen molar-refractivity contribution in [2.24, 2.45) is 5.41 Å². The van der Waals surface area contributed by atoms with E-state index in [9.17, 15) is 29.1 Å². The first-order chi connectivity index (χ1) is 38.0. The van der Waals surface area contributed by atoms with E-state index in [2.05, 4.69) is 56.2 Å². The highest BCUT2D eigenvalue weighted by atomic mass is 32.1. The zero-order valence-electron chi connectivity index (χ0n) is 44.7. The summed E-state index contributed by atoms with van der Waals surface area (Å²) in [6.07, 6.45) is 8.65. The molecular formula is C56H63N13O8S2. The fourth-order valence-corrected chi connectivity index (χ4v) is 11.8. The molecule has 1 saturated carbocycles. The van der Waals surface area contributed by atoms with Gasteiger partial charge in [-0.2, -0.15) is 0 Å². The lowest BCUT2D eigenvalue weighted by molar-refractivity contribution is -0.142. The molecule has 21 nitrogen and oxygen atoms in total. The normalized spacial score (nSPS) is 17.6. The topological polar surface area (TPSA) is 263 Å². The van der Waals surface area contributed by atoms with Crippen molar-refractivity contribution in [3.63, 3.8) is 0 Å². The molecule has 7 aromatic rings. The van der Waals surface area contributed by atoms with Gasteiger partial charge in [-0.25, -0.2) is 24.7 Å². The van der Waals surface area contributed by atoms with Crippen molar-refractivity contribution in [3.05, 3.63) is 101 Å². The van der Waals surface area contributed by atoms with Crippen molar-refractivity contribution in [2.45, 2.75) is 104 Å². The van der Waals surface area contributed by atoms with Crippen LogP contribution in [0.5, 0.6) is 0 Å². The molecule has 2 aliphatic heterocycles. The third kappa shape index (κ3) is 13.1. The number of hydrogen-bond donors (Lipinski definition) is 5. The van der Waals surface area contributed by atoms with Crippen molar-refractivity contribution in [1.82, 2.24) is 50.5 Å². The standard InChI is InChI=1S/C56H63N13O8S2/c1-32-42(63-55(75)76-40-9-7-6-8-10-40)21-37(26-57-32)36-15-16-41-46(22-36)79-54(62-41)64-47(71)30-67-17-19-68(20-18-67)53-59-27-38(28-60-53)43-24-45(77-66-43)51(73)65-49(56(3,4)5)52(74)69-29-39(70)23-44(69)50(72)58-25-34-11-13-35(14-12-34)48-33(2)61-31-78-48/h11-16,21-22,24,26-28,31,39-40,44,49,70H,6-10,17-20,23,25,29-30H2,1-5H3,(H,58,72)(H,63,75)(H,65,73)(H,62,64,71)/t39-,44?,49-/m1/s1. The third-order valence-corrected chi connectivity index (χ3v) is 16.4. The van der Waals surface area contributed by atoms with Gasteiger partial charge in [-0.1, -0.05) is 74.0 Å². The zero-order valence-corrected chi connectivity index (χ0v) is 46.3. The molecule has 5 N–H and O–H groups in total. The van der Waals surface area contributed by atoms with Crippen LogP contribution >= 0.6 is 22.7 Å². The number of carbonyl (C=O) groups is 5. The fraction of sp³-hybridized carbons (Fsp3) is 0.411. The second kappa shape index (κ2) is 23.7. The van der Waals surface area contributed by atoms with E-state index in [4.69, 9.17) is 9.26 Å². The Kier molecular flexibility index (Phi) is 16.4. The molecule has 2 saturated heterocycles. The number of aliphatic hydroxyl groups is 1. The second-order valence-electron chi connectivity index (χ2n) is 21.4. The maximum atomic E-state index is 14.2. The number of likely N-dealkylation sites (tertiary alicyclic amines) is 1. The number of piperazine rings is 1. The Morgan fingerprint density at radius 3 is 2.29 bits per heavy atom. The Morgan fingerprint density at radius 2 is 1.57 bits per heavy atom. The van der Waals surface area contributed by atoms with Crippen molar-refractivity contribution < 1.29 is 38.3 Å². The minimum absolute atomic E-state index is 0.0562. The quantitative estimate of drug-likeness (QED) is 0.0661. The monoisotopic (exact) mass is 1110 g/mol. The average Bonchev–Trinajstić information content (AvgIpc) is 4.28. The Hall–Kier alpha value is -7.73. The predicted octanol–water partition coefficient (Wildman–Crippen LogP) is 7.61. The molecule has 2 aromatic carbocycles. The third-order valence-electron chi connectivity index (χ3n) is 14.5. The van der Waals surface area contributed by atoms with Gasteiger partial charge in [0, 0.05) is 81.5 Å². The summed E-state index contributed by atoms with van der Waals surface area (Å²) in [6, 6.07) is 15.0.